The average Bonchev–Trinajstić information content (AvgIpc) is 3.20. The van der Waals surface area contributed by atoms with E-state index in [1.54, 1.807) is 29.0 Å². The molecule has 4 heterocycles. The zero-order valence-corrected chi connectivity index (χ0v) is 16.6. The molecule has 1 fully saturated rings. The number of sulfonamides is 1. The maximum atomic E-state index is 13.0. The van der Waals surface area contributed by atoms with Crippen molar-refractivity contribution in [3.05, 3.63) is 60.4 Å². The van der Waals surface area contributed by atoms with Crippen LogP contribution < -0.4 is 0 Å². The van der Waals surface area contributed by atoms with Gasteiger partial charge < -0.3 is 0 Å². The number of pyridine rings is 1. The zero-order valence-electron chi connectivity index (χ0n) is 14.9. The molecule has 140 valence electrons. The lowest BCUT2D eigenvalue weighted by Gasteiger charge is -2.30. The van der Waals surface area contributed by atoms with E-state index in [-0.39, 0.29) is 5.92 Å². The van der Waals surface area contributed by atoms with Gasteiger partial charge in [0.15, 0.2) is 0 Å². The normalized spacial score (nSPS) is 16.5. The van der Waals surface area contributed by atoms with Gasteiger partial charge in [0.1, 0.15) is 10.0 Å². The first-order valence-corrected chi connectivity index (χ1v) is 11.1. The minimum Gasteiger partial charge on any atom is -0.265 e. The van der Waals surface area contributed by atoms with E-state index in [1.807, 2.05) is 31.2 Å². The van der Waals surface area contributed by atoms with Crippen LogP contribution in [0.1, 0.15) is 30.3 Å². The molecule has 27 heavy (non-hydrogen) atoms. The Kier molecular flexibility index (Phi) is 5.03. The maximum absolute atomic E-state index is 13.0. The van der Waals surface area contributed by atoms with Crippen molar-refractivity contribution in [3.8, 4) is 10.4 Å². The van der Waals surface area contributed by atoms with Crippen molar-refractivity contribution >= 4 is 21.4 Å². The third-order valence-corrected chi connectivity index (χ3v) is 8.31. The van der Waals surface area contributed by atoms with Crippen molar-refractivity contribution in [2.75, 3.05) is 13.1 Å². The lowest BCUT2D eigenvalue weighted by Crippen LogP contribution is -2.37. The standard InChI is InChI=1S/C19H20N4O2S2/c1-14-21-11-6-17(22-14)15-7-12-23(13-8-15)27(24,25)19-3-2-18(26-19)16-4-9-20-10-5-16/h2-6,9-11,15H,7-8,12-13H2,1H3. The van der Waals surface area contributed by atoms with E-state index in [1.165, 1.54) is 11.3 Å². The van der Waals surface area contributed by atoms with Crippen LogP contribution in [0.5, 0.6) is 0 Å². The molecule has 0 N–H and O–H groups in total. The van der Waals surface area contributed by atoms with Crippen LogP contribution in [0, 0.1) is 6.92 Å². The Morgan fingerprint density at radius 3 is 2.48 bits per heavy atom. The maximum Gasteiger partial charge on any atom is 0.252 e. The highest BCUT2D eigenvalue weighted by atomic mass is 32.2. The SMILES string of the molecule is Cc1nccc(C2CCN(S(=O)(=O)c3ccc(-c4ccncc4)s3)CC2)n1. The van der Waals surface area contributed by atoms with Crippen molar-refractivity contribution in [2.45, 2.75) is 29.9 Å². The summed E-state index contributed by atoms with van der Waals surface area (Å²) in [6.45, 7) is 2.90. The van der Waals surface area contributed by atoms with Crippen LogP contribution in [0.25, 0.3) is 10.4 Å². The van der Waals surface area contributed by atoms with E-state index >= 15 is 0 Å². The first-order chi connectivity index (χ1) is 13.0. The van der Waals surface area contributed by atoms with Crippen LogP contribution in [0.4, 0.5) is 0 Å². The van der Waals surface area contributed by atoms with Gasteiger partial charge in [-0.2, -0.15) is 4.31 Å². The van der Waals surface area contributed by atoms with Gasteiger partial charge in [0.25, 0.3) is 10.0 Å². The molecule has 3 aromatic heterocycles. The number of hydrogen-bond donors (Lipinski definition) is 0. The molecule has 0 radical (unpaired) electrons. The lowest BCUT2D eigenvalue weighted by molar-refractivity contribution is 0.317. The molecule has 4 rings (SSSR count). The largest absolute Gasteiger partial charge is 0.265 e. The number of aromatic nitrogens is 3. The summed E-state index contributed by atoms with van der Waals surface area (Å²) in [5.74, 6) is 1.04. The smallest absolute Gasteiger partial charge is 0.252 e. The predicted molar refractivity (Wildman–Crippen MR) is 105 cm³/mol. The Labute approximate surface area is 163 Å². The highest BCUT2D eigenvalue weighted by Crippen LogP contribution is 2.34. The van der Waals surface area contributed by atoms with E-state index in [9.17, 15) is 8.42 Å². The Hall–Kier alpha value is -2.16. The summed E-state index contributed by atoms with van der Waals surface area (Å²) in [7, 11) is -3.46. The van der Waals surface area contributed by atoms with E-state index in [0.717, 1.165) is 34.8 Å². The second kappa shape index (κ2) is 7.46. The topological polar surface area (TPSA) is 76.1 Å². The first-order valence-electron chi connectivity index (χ1n) is 8.84. The van der Waals surface area contributed by atoms with Gasteiger partial charge in [-0.25, -0.2) is 18.4 Å². The number of hydrogen-bond acceptors (Lipinski definition) is 6. The van der Waals surface area contributed by atoms with Crippen molar-refractivity contribution in [2.24, 2.45) is 0 Å². The van der Waals surface area contributed by atoms with Crippen LogP contribution in [0.15, 0.2) is 53.1 Å². The monoisotopic (exact) mass is 400 g/mol. The van der Waals surface area contributed by atoms with Crippen LogP contribution in [0.2, 0.25) is 0 Å². The molecule has 0 atom stereocenters. The third-order valence-electron chi connectivity index (χ3n) is 4.81. The fourth-order valence-corrected chi connectivity index (χ4v) is 6.29. The van der Waals surface area contributed by atoms with Gasteiger partial charge >= 0.3 is 0 Å². The molecule has 0 aromatic carbocycles. The zero-order chi connectivity index (χ0) is 18.9. The van der Waals surface area contributed by atoms with Crippen LogP contribution in [-0.2, 0) is 10.0 Å². The number of nitrogens with zero attached hydrogens (tertiary/aromatic N) is 4. The summed E-state index contributed by atoms with van der Waals surface area (Å²) in [5, 5.41) is 0. The van der Waals surface area contributed by atoms with Crippen molar-refractivity contribution in [1.82, 2.24) is 19.3 Å². The molecule has 0 amide bonds. The Morgan fingerprint density at radius 1 is 1.04 bits per heavy atom. The van der Waals surface area contributed by atoms with Crippen LogP contribution in [0.3, 0.4) is 0 Å². The fraction of sp³-hybridized carbons (Fsp3) is 0.316. The molecular weight excluding hydrogens is 380 g/mol. The van der Waals surface area contributed by atoms with Crippen molar-refractivity contribution in [1.29, 1.82) is 0 Å². The molecule has 1 aliphatic rings. The van der Waals surface area contributed by atoms with Crippen molar-refractivity contribution in [3.63, 3.8) is 0 Å². The molecule has 0 unspecified atom stereocenters. The number of rotatable bonds is 4. The number of aryl methyl sites for hydroxylation is 1. The molecule has 0 aliphatic carbocycles. The summed E-state index contributed by atoms with van der Waals surface area (Å²) >= 11 is 1.31. The number of piperidine rings is 1. The highest BCUT2D eigenvalue weighted by Gasteiger charge is 2.31. The van der Waals surface area contributed by atoms with E-state index in [0.29, 0.717) is 17.3 Å². The molecule has 0 saturated carbocycles. The molecule has 8 heteroatoms. The number of thiophene rings is 1. The first kappa shape index (κ1) is 18.2. The van der Waals surface area contributed by atoms with E-state index in [4.69, 9.17) is 0 Å². The summed E-state index contributed by atoms with van der Waals surface area (Å²) in [6, 6.07) is 9.27. The quantitative estimate of drug-likeness (QED) is 0.670. The summed E-state index contributed by atoms with van der Waals surface area (Å²) in [5.41, 5.74) is 1.99. The average molecular weight is 401 g/mol. The molecule has 0 spiro atoms. The Bertz CT molecular complexity index is 1030. The minimum atomic E-state index is -3.46. The highest BCUT2D eigenvalue weighted by molar-refractivity contribution is 7.91. The molecule has 0 bridgehead atoms. The van der Waals surface area contributed by atoms with Crippen LogP contribution in [-0.4, -0.2) is 40.8 Å². The molecule has 3 aromatic rings. The van der Waals surface area contributed by atoms with Gasteiger partial charge in [0.05, 0.1) is 0 Å². The minimum absolute atomic E-state index is 0.286. The predicted octanol–water partition coefficient (Wildman–Crippen LogP) is 3.48. The van der Waals surface area contributed by atoms with Gasteiger partial charge in [-0.15, -0.1) is 11.3 Å². The third kappa shape index (κ3) is 3.78. The van der Waals surface area contributed by atoms with Gasteiger partial charge in [-0.05, 0) is 55.7 Å². The fourth-order valence-electron chi connectivity index (χ4n) is 3.35. The van der Waals surface area contributed by atoms with Gasteiger partial charge in [-0.3, -0.25) is 4.98 Å². The summed E-state index contributed by atoms with van der Waals surface area (Å²) in [6.07, 6.45) is 6.75. The summed E-state index contributed by atoms with van der Waals surface area (Å²) in [4.78, 5) is 13.6. The Morgan fingerprint density at radius 2 is 1.78 bits per heavy atom. The lowest BCUT2D eigenvalue weighted by atomic mass is 9.94. The van der Waals surface area contributed by atoms with E-state index in [2.05, 4.69) is 15.0 Å². The van der Waals surface area contributed by atoms with Gasteiger partial charge in [0, 0.05) is 48.2 Å². The molecule has 6 nitrogen and oxygen atoms in total. The van der Waals surface area contributed by atoms with Gasteiger partial charge in [0.2, 0.25) is 0 Å². The second-order valence-electron chi connectivity index (χ2n) is 6.56. The van der Waals surface area contributed by atoms with Gasteiger partial charge in [-0.1, -0.05) is 0 Å². The summed E-state index contributed by atoms with van der Waals surface area (Å²) < 4.78 is 28.0. The second-order valence-corrected chi connectivity index (χ2v) is 9.81. The molecule has 1 saturated heterocycles. The molecule has 1 aliphatic heterocycles. The van der Waals surface area contributed by atoms with Crippen molar-refractivity contribution < 1.29 is 8.42 Å². The Balaban J connectivity index is 1.48. The molecular formula is C19H20N4O2S2. The van der Waals surface area contributed by atoms with Crippen LogP contribution >= 0.6 is 11.3 Å². The van der Waals surface area contributed by atoms with E-state index < -0.39 is 10.0 Å².